The normalized spacial score (nSPS) is 25.7. The van der Waals surface area contributed by atoms with Gasteiger partial charge >= 0.3 is 35.2 Å². The number of hydrogen-bond acceptors (Lipinski definition) is 8. The van der Waals surface area contributed by atoms with Gasteiger partial charge in [0.1, 0.15) is 30.7 Å². The maximum Gasteiger partial charge on any atom is 1.00 e. The summed E-state index contributed by atoms with van der Waals surface area (Å²) in [6.07, 6.45) is -3.27. The number of nitrogens with two attached hydrogens (primary N) is 1. The number of aliphatic hydroxyl groups excluding tert-OH is 4. The van der Waals surface area contributed by atoms with Crippen LogP contribution in [0.2, 0.25) is 0 Å². The minimum atomic E-state index is -1.31. The van der Waals surface area contributed by atoms with Crippen LogP contribution in [0.4, 0.5) is 5.82 Å². The van der Waals surface area contributed by atoms with Crippen LogP contribution >= 0.6 is 0 Å². The number of likely N-dealkylation sites (N-methyl/N-ethyl adjacent to an activating group) is 1. The third kappa shape index (κ3) is 7.29. The Morgan fingerprint density at radius 1 is 1.32 bits per heavy atom. The fraction of sp³-hybridized carbons (Fsp3) is 0.714. The van der Waals surface area contributed by atoms with Crippen LogP contribution in [0.1, 0.15) is 7.65 Å². The van der Waals surface area contributed by atoms with E-state index in [2.05, 4.69) is 26.1 Å². The predicted molar refractivity (Wildman–Crippen MR) is 87.0 cm³/mol. The van der Waals surface area contributed by atoms with Crippen LogP contribution in [0.25, 0.3) is 0 Å². The molecule has 1 aromatic heterocycles. The minimum absolute atomic E-state index is 0. The van der Waals surface area contributed by atoms with E-state index >= 15 is 0 Å². The van der Waals surface area contributed by atoms with Gasteiger partial charge in [-0.15, -0.1) is 0 Å². The summed E-state index contributed by atoms with van der Waals surface area (Å²) >= 11 is 0. The summed E-state index contributed by atoms with van der Waals surface area (Å²) in [7, 11) is 6.16. The molecule has 1 saturated heterocycles. The number of rotatable bonds is 4. The number of hydrogen-bond donors (Lipinski definition) is 5. The van der Waals surface area contributed by atoms with Crippen LogP contribution in [-0.4, -0.2) is 93.7 Å². The second kappa shape index (κ2) is 10.6. The summed E-state index contributed by atoms with van der Waals surface area (Å²) in [5, 5.41) is 36.5. The monoisotopic (exact) mass is 371 g/mol. The van der Waals surface area contributed by atoms with Gasteiger partial charge in [0.2, 0.25) is 0 Å². The topological polar surface area (TPSA) is 151 Å². The van der Waals surface area contributed by atoms with Crippen molar-refractivity contribution in [2.45, 2.75) is 24.5 Å². The van der Waals surface area contributed by atoms with E-state index in [1.807, 2.05) is 0 Å². The number of nitrogens with zero attached hydrogens (tertiary/aromatic N) is 3. The number of aliphatic hydroxyl groups is 4. The third-order valence-corrected chi connectivity index (χ3v) is 3.41. The number of anilines is 1. The van der Waals surface area contributed by atoms with E-state index in [1.165, 1.54) is 12.3 Å². The standard InChI is InChI=1S/C9H13N3O5.C5H14NO.Na.H/c10-5-1-2-12(9(16)11-5)8-7(15)6(14)4(3-13)17-8;1-6(2,3)4-5-7;;/h1-2,4,6-8,13-15H,3H2,(H2,10,11,16);7H,4-5H2,1-3H3;;/q;2*+1;-1/t4-,6-,7-,8-;;;/m1.../s1. The number of quaternary nitrogens is 1. The molecule has 0 amide bonds. The van der Waals surface area contributed by atoms with Gasteiger partial charge in [-0.1, -0.05) is 0 Å². The van der Waals surface area contributed by atoms with E-state index in [1.54, 1.807) is 0 Å². The van der Waals surface area contributed by atoms with Crippen molar-refractivity contribution < 1.29 is 60.6 Å². The van der Waals surface area contributed by atoms with E-state index < -0.39 is 36.8 Å². The van der Waals surface area contributed by atoms with Gasteiger partial charge in [-0.2, -0.15) is 4.98 Å². The molecule has 1 aromatic rings. The van der Waals surface area contributed by atoms with Gasteiger partial charge in [-0.05, 0) is 6.07 Å². The first kappa shape index (κ1) is 24.4. The van der Waals surface area contributed by atoms with Gasteiger partial charge < -0.3 is 36.8 Å². The van der Waals surface area contributed by atoms with Gasteiger partial charge in [0, 0.05) is 6.20 Å². The van der Waals surface area contributed by atoms with Crippen molar-refractivity contribution in [2.24, 2.45) is 0 Å². The molecule has 10 nitrogen and oxygen atoms in total. The van der Waals surface area contributed by atoms with E-state index in [0.717, 1.165) is 15.6 Å². The molecule has 6 N–H and O–H groups in total. The summed E-state index contributed by atoms with van der Waals surface area (Å²) in [6, 6.07) is 1.37. The van der Waals surface area contributed by atoms with Crippen molar-refractivity contribution in [1.82, 2.24) is 9.55 Å². The van der Waals surface area contributed by atoms with Gasteiger partial charge in [0.05, 0.1) is 34.4 Å². The van der Waals surface area contributed by atoms with Crippen molar-refractivity contribution in [3.63, 3.8) is 0 Å². The Bertz CT molecular complexity index is 585. The average Bonchev–Trinajstić information content (AvgIpc) is 2.74. The first-order valence-electron chi connectivity index (χ1n) is 7.49. The smallest absolute Gasteiger partial charge is 1.00 e. The van der Waals surface area contributed by atoms with Crippen LogP contribution < -0.4 is 41.0 Å². The summed E-state index contributed by atoms with van der Waals surface area (Å²) < 4.78 is 7.03. The molecular formula is C14H28N4NaO6+. The van der Waals surface area contributed by atoms with Crippen LogP contribution in [0.5, 0.6) is 0 Å². The van der Waals surface area contributed by atoms with Crippen molar-refractivity contribution in [1.29, 1.82) is 0 Å². The zero-order valence-electron chi connectivity index (χ0n) is 16.1. The molecule has 0 saturated carbocycles. The fourth-order valence-corrected chi connectivity index (χ4v) is 2.03. The van der Waals surface area contributed by atoms with Crippen LogP contribution in [0.15, 0.2) is 17.1 Å². The van der Waals surface area contributed by atoms with Gasteiger partial charge in [-0.25, -0.2) is 4.79 Å². The van der Waals surface area contributed by atoms with Crippen LogP contribution in [0.3, 0.4) is 0 Å². The average molecular weight is 371 g/mol. The molecule has 1 aliphatic rings. The maximum absolute atomic E-state index is 11.5. The molecule has 1 aliphatic heterocycles. The van der Waals surface area contributed by atoms with E-state index in [0.29, 0.717) is 0 Å². The Balaban J connectivity index is 0. The number of nitrogen functional groups attached to an aromatic ring is 1. The zero-order valence-corrected chi connectivity index (χ0v) is 17.1. The summed E-state index contributed by atoms with van der Waals surface area (Å²) in [4.78, 5) is 15.0. The molecular weight excluding hydrogens is 343 g/mol. The molecule has 25 heavy (non-hydrogen) atoms. The molecule has 0 bridgehead atoms. The van der Waals surface area contributed by atoms with Crippen LogP contribution in [-0.2, 0) is 4.74 Å². The van der Waals surface area contributed by atoms with Crippen molar-refractivity contribution in [3.8, 4) is 0 Å². The fourth-order valence-electron chi connectivity index (χ4n) is 2.03. The van der Waals surface area contributed by atoms with Crippen molar-refractivity contribution in [3.05, 3.63) is 22.7 Å². The van der Waals surface area contributed by atoms with E-state index in [-0.39, 0.29) is 43.4 Å². The van der Waals surface area contributed by atoms with Gasteiger partial charge in [-0.3, -0.25) is 4.57 Å². The van der Waals surface area contributed by atoms with Gasteiger partial charge in [0.25, 0.3) is 0 Å². The number of ether oxygens (including phenoxy) is 1. The Hall–Kier alpha value is -0.560. The molecule has 2 heterocycles. The zero-order chi connectivity index (χ0) is 18.5. The molecule has 0 spiro atoms. The van der Waals surface area contributed by atoms with Crippen molar-refractivity contribution >= 4 is 5.82 Å². The van der Waals surface area contributed by atoms with Gasteiger partial charge in [0.15, 0.2) is 6.23 Å². The summed E-state index contributed by atoms with van der Waals surface area (Å²) in [5.74, 6) is 0.0537. The summed E-state index contributed by atoms with van der Waals surface area (Å²) in [6.45, 7) is 0.662. The molecule has 0 aliphatic carbocycles. The van der Waals surface area contributed by atoms with Crippen molar-refractivity contribution in [2.75, 3.05) is 46.6 Å². The van der Waals surface area contributed by atoms with E-state index in [9.17, 15) is 15.0 Å². The quantitative estimate of drug-likeness (QED) is 0.259. The van der Waals surface area contributed by atoms with E-state index in [4.69, 9.17) is 20.7 Å². The Morgan fingerprint density at radius 3 is 2.28 bits per heavy atom. The molecule has 0 unspecified atom stereocenters. The maximum atomic E-state index is 11.5. The SMILES string of the molecule is C[N+](C)(C)CCO.Nc1ccn([C@@H]2O[C@H](CO)[C@@H](O)[C@H]2O)c(=O)n1.[H-].[Na+]. The second-order valence-corrected chi connectivity index (χ2v) is 6.51. The Labute approximate surface area is 169 Å². The summed E-state index contributed by atoms with van der Waals surface area (Å²) in [5.41, 5.74) is 4.63. The molecule has 1 fully saturated rings. The number of aromatic nitrogens is 2. The minimum Gasteiger partial charge on any atom is -1.00 e. The Kier molecular flexibility index (Phi) is 10.3. The molecule has 2 rings (SSSR count). The molecule has 4 atom stereocenters. The Morgan fingerprint density at radius 2 is 1.92 bits per heavy atom. The molecule has 0 aromatic carbocycles. The largest absolute Gasteiger partial charge is 1.00 e. The second-order valence-electron chi connectivity index (χ2n) is 6.51. The first-order valence-corrected chi connectivity index (χ1v) is 7.49. The molecule has 11 heteroatoms. The first-order chi connectivity index (χ1) is 11.1. The predicted octanol–water partition coefficient (Wildman–Crippen LogP) is -5.76. The molecule has 0 radical (unpaired) electrons. The molecule has 140 valence electrons. The third-order valence-electron chi connectivity index (χ3n) is 3.41. The van der Waals surface area contributed by atoms with Crippen LogP contribution in [0, 0.1) is 0 Å².